The first-order valence-corrected chi connectivity index (χ1v) is 8.83. The van der Waals surface area contributed by atoms with Crippen LogP contribution < -0.4 is 10.1 Å². The van der Waals surface area contributed by atoms with Crippen LogP contribution in [0.15, 0.2) is 34.8 Å². The van der Waals surface area contributed by atoms with Crippen LogP contribution in [0.4, 0.5) is 0 Å². The van der Waals surface area contributed by atoms with Crippen molar-refractivity contribution in [1.82, 2.24) is 5.32 Å². The standard InChI is InChI=1S/C20H24BrNO2/c1-12-6-7-17(8-13(12)2)16(5)22-19(23)11-24-18-9-14(3)20(21)15(4)10-18/h6-10,16H,11H2,1-5H3,(H,22,23)/t16-/m0/s1. The van der Waals surface area contributed by atoms with Gasteiger partial charge in [-0.2, -0.15) is 0 Å². The average molecular weight is 390 g/mol. The topological polar surface area (TPSA) is 38.3 Å². The molecular weight excluding hydrogens is 366 g/mol. The molecule has 0 aromatic heterocycles. The van der Waals surface area contributed by atoms with E-state index in [0.717, 1.165) is 21.2 Å². The lowest BCUT2D eigenvalue weighted by atomic mass is 10.0. The fourth-order valence-electron chi connectivity index (χ4n) is 2.54. The molecule has 0 aliphatic heterocycles. The predicted molar refractivity (Wildman–Crippen MR) is 102 cm³/mol. The quantitative estimate of drug-likeness (QED) is 0.786. The second kappa shape index (κ2) is 7.84. The van der Waals surface area contributed by atoms with Crippen LogP contribution in [0.3, 0.4) is 0 Å². The van der Waals surface area contributed by atoms with E-state index in [0.29, 0.717) is 5.75 Å². The highest BCUT2D eigenvalue weighted by molar-refractivity contribution is 9.10. The molecule has 0 saturated carbocycles. The van der Waals surface area contributed by atoms with Crippen LogP contribution in [0.1, 0.15) is 40.8 Å². The number of hydrogen-bond acceptors (Lipinski definition) is 2. The van der Waals surface area contributed by atoms with Crippen molar-refractivity contribution in [2.45, 2.75) is 40.7 Å². The zero-order valence-electron chi connectivity index (χ0n) is 14.9. The Morgan fingerprint density at radius 3 is 2.25 bits per heavy atom. The summed E-state index contributed by atoms with van der Waals surface area (Å²) in [6, 6.07) is 10.1. The van der Waals surface area contributed by atoms with E-state index in [2.05, 4.69) is 53.3 Å². The highest BCUT2D eigenvalue weighted by Gasteiger charge is 2.11. The highest BCUT2D eigenvalue weighted by atomic mass is 79.9. The molecule has 2 rings (SSSR count). The van der Waals surface area contributed by atoms with Gasteiger partial charge in [0.05, 0.1) is 6.04 Å². The van der Waals surface area contributed by atoms with Crippen molar-refractivity contribution in [3.63, 3.8) is 0 Å². The lowest BCUT2D eigenvalue weighted by Crippen LogP contribution is -2.31. The maximum atomic E-state index is 12.1. The average Bonchev–Trinajstić information content (AvgIpc) is 2.53. The molecule has 0 aliphatic rings. The van der Waals surface area contributed by atoms with Crippen LogP contribution in [0.25, 0.3) is 0 Å². The summed E-state index contributed by atoms with van der Waals surface area (Å²) in [6.07, 6.45) is 0. The van der Waals surface area contributed by atoms with E-state index in [4.69, 9.17) is 4.74 Å². The monoisotopic (exact) mass is 389 g/mol. The van der Waals surface area contributed by atoms with Crippen molar-refractivity contribution in [3.05, 3.63) is 62.6 Å². The summed E-state index contributed by atoms with van der Waals surface area (Å²) >= 11 is 3.53. The third-order valence-corrected chi connectivity index (χ3v) is 5.44. The Morgan fingerprint density at radius 1 is 1.04 bits per heavy atom. The summed E-state index contributed by atoms with van der Waals surface area (Å²) in [6.45, 7) is 10.2. The highest BCUT2D eigenvalue weighted by Crippen LogP contribution is 2.26. The van der Waals surface area contributed by atoms with Crippen LogP contribution >= 0.6 is 15.9 Å². The van der Waals surface area contributed by atoms with E-state index < -0.39 is 0 Å². The SMILES string of the molecule is Cc1ccc([C@H](C)NC(=O)COc2cc(C)c(Br)c(C)c2)cc1C. The zero-order valence-corrected chi connectivity index (χ0v) is 16.5. The van der Waals surface area contributed by atoms with E-state index >= 15 is 0 Å². The number of benzene rings is 2. The van der Waals surface area contributed by atoms with Crippen molar-refractivity contribution in [2.75, 3.05) is 6.61 Å². The second-order valence-electron chi connectivity index (χ2n) is 6.29. The van der Waals surface area contributed by atoms with Gasteiger partial charge in [-0.25, -0.2) is 0 Å². The number of carbonyl (C=O) groups is 1. The van der Waals surface area contributed by atoms with Crippen molar-refractivity contribution in [3.8, 4) is 5.75 Å². The van der Waals surface area contributed by atoms with E-state index in [1.54, 1.807) is 0 Å². The molecule has 2 aromatic carbocycles. The summed E-state index contributed by atoms with van der Waals surface area (Å²) in [4.78, 5) is 12.1. The molecule has 0 heterocycles. The van der Waals surface area contributed by atoms with Crippen molar-refractivity contribution >= 4 is 21.8 Å². The molecule has 0 spiro atoms. The Morgan fingerprint density at radius 2 is 1.67 bits per heavy atom. The molecule has 1 N–H and O–H groups in total. The lowest BCUT2D eigenvalue weighted by Gasteiger charge is -2.16. The number of ether oxygens (including phenoxy) is 1. The Balaban J connectivity index is 1.94. The summed E-state index contributed by atoms with van der Waals surface area (Å²) < 4.78 is 6.70. The summed E-state index contributed by atoms with van der Waals surface area (Å²) in [5, 5.41) is 2.98. The van der Waals surface area contributed by atoms with E-state index in [1.165, 1.54) is 11.1 Å². The number of aryl methyl sites for hydroxylation is 4. The second-order valence-corrected chi connectivity index (χ2v) is 7.09. The van der Waals surface area contributed by atoms with E-state index in [9.17, 15) is 4.79 Å². The van der Waals surface area contributed by atoms with Gasteiger partial charge in [0.25, 0.3) is 5.91 Å². The normalized spacial score (nSPS) is 11.9. The van der Waals surface area contributed by atoms with Gasteiger partial charge < -0.3 is 10.1 Å². The third-order valence-electron chi connectivity index (χ3n) is 4.19. The first-order valence-electron chi connectivity index (χ1n) is 8.04. The summed E-state index contributed by atoms with van der Waals surface area (Å²) in [7, 11) is 0. The molecule has 0 unspecified atom stereocenters. The Kier molecular flexibility index (Phi) is 6.05. The largest absolute Gasteiger partial charge is 0.484 e. The minimum absolute atomic E-state index is 0.00962. The number of halogens is 1. The Bertz CT molecular complexity index is 732. The molecule has 0 bridgehead atoms. The minimum Gasteiger partial charge on any atom is -0.484 e. The van der Waals surface area contributed by atoms with Crippen LogP contribution in [-0.4, -0.2) is 12.5 Å². The van der Waals surface area contributed by atoms with Gasteiger partial charge in [-0.15, -0.1) is 0 Å². The van der Waals surface area contributed by atoms with Crippen LogP contribution in [0.2, 0.25) is 0 Å². The first-order chi connectivity index (χ1) is 11.3. The number of carbonyl (C=O) groups excluding carboxylic acids is 1. The molecule has 0 aliphatic carbocycles. The zero-order chi connectivity index (χ0) is 17.9. The Labute approximate surface area is 152 Å². The molecule has 0 fully saturated rings. The van der Waals surface area contributed by atoms with Gasteiger partial charge in [0.2, 0.25) is 0 Å². The third kappa shape index (κ3) is 4.60. The molecule has 3 nitrogen and oxygen atoms in total. The van der Waals surface area contributed by atoms with Crippen molar-refractivity contribution < 1.29 is 9.53 Å². The molecule has 24 heavy (non-hydrogen) atoms. The fourth-order valence-corrected chi connectivity index (χ4v) is 2.77. The molecule has 4 heteroatoms. The number of rotatable bonds is 5. The molecular formula is C20H24BrNO2. The first kappa shape index (κ1) is 18.5. The smallest absolute Gasteiger partial charge is 0.258 e. The van der Waals surface area contributed by atoms with Gasteiger partial charge in [-0.3, -0.25) is 4.79 Å². The number of hydrogen-bond donors (Lipinski definition) is 1. The molecule has 1 amide bonds. The van der Waals surface area contributed by atoms with E-state index in [-0.39, 0.29) is 18.6 Å². The van der Waals surface area contributed by atoms with E-state index in [1.807, 2.05) is 32.9 Å². The Hall–Kier alpha value is -1.81. The van der Waals surface area contributed by atoms with Gasteiger partial charge >= 0.3 is 0 Å². The summed E-state index contributed by atoms with van der Waals surface area (Å²) in [5.41, 5.74) is 5.76. The predicted octanol–water partition coefficient (Wildman–Crippen LogP) is 4.94. The fraction of sp³-hybridized carbons (Fsp3) is 0.350. The van der Waals surface area contributed by atoms with Crippen LogP contribution in [-0.2, 0) is 4.79 Å². The van der Waals surface area contributed by atoms with Crippen LogP contribution in [0, 0.1) is 27.7 Å². The van der Waals surface area contributed by atoms with Gasteiger partial charge in [0.1, 0.15) is 5.75 Å². The van der Waals surface area contributed by atoms with Gasteiger partial charge in [-0.1, -0.05) is 34.1 Å². The molecule has 0 radical (unpaired) electrons. The maximum Gasteiger partial charge on any atom is 0.258 e. The van der Waals surface area contributed by atoms with Gasteiger partial charge in [0, 0.05) is 4.47 Å². The van der Waals surface area contributed by atoms with Crippen LogP contribution in [0.5, 0.6) is 5.75 Å². The molecule has 0 saturated heterocycles. The van der Waals surface area contributed by atoms with Gasteiger partial charge in [-0.05, 0) is 74.6 Å². The molecule has 128 valence electrons. The number of nitrogens with one attached hydrogen (secondary N) is 1. The molecule has 2 aromatic rings. The number of amides is 1. The lowest BCUT2D eigenvalue weighted by molar-refractivity contribution is -0.123. The molecule has 1 atom stereocenters. The summed E-state index contributed by atoms with van der Waals surface area (Å²) in [5.74, 6) is 0.584. The maximum absolute atomic E-state index is 12.1. The van der Waals surface area contributed by atoms with Crippen molar-refractivity contribution in [2.24, 2.45) is 0 Å². The minimum atomic E-state index is -0.126. The van der Waals surface area contributed by atoms with Crippen molar-refractivity contribution in [1.29, 1.82) is 0 Å². The van der Waals surface area contributed by atoms with Gasteiger partial charge in [0.15, 0.2) is 6.61 Å².